The van der Waals surface area contributed by atoms with Crippen molar-refractivity contribution in [1.82, 2.24) is 5.32 Å². The lowest BCUT2D eigenvalue weighted by atomic mass is 9.82. The van der Waals surface area contributed by atoms with Gasteiger partial charge in [0.2, 0.25) is 0 Å². The van der Waals surface area contributed by atoms with E-state index >= 15 is 0 Å². The van der Waals surface area contributed by atoms with Gasteiger partial charge in [-0.2, -0.15) is 0 Å². The van der Waals surface area contributed by atoms with Crippen molar-refractivity contribution in [2.45, 2.75) is 52.2 Å². The number of nitrogens with one attached hydrogen (secondary N) is 1. The van der Waals surface area contributed by atoms with Gasteiger partial charge in [-0.25, -0.2) is 0 Å². The molecule has 1 fully saturated rings. The first-order valence-corrected chi connectivity index (χ1v) is 7.53. The molecule has 1 aliphatic carbocycles. The summed E-state index contributed by atoms with van der Waals surface area (Å²) in [5, 5.41) is 3.43. The topological polar surface area (TPSA) is 34.4 Å². The van der Waals surface area contributed by atoms with Gasteiger partial charge in [-0.05, 0) is 50.2 Å². The maximum absolute atomic E-state index is 6.00. The van der Waals surface area contributed by atoms with Crippen LogP contribution in [-0.2, 0) is 4.74 Å². The summed E-state index contributed by atoms with van der Waals surface area (Å²) >= 11 is 0. The highest BCUT2D eigenvalue weighted by Gasteiger charge is 2.24. The van der Waals surface area contributed by atoms with E-state index in [2.05, 4.69) is 26.1 Å². The Morgan fingerprint density at radius 1 is 1.32 bits per heavy atom. The third-order valence-corrected chi connectivity index (χ3v) is 4.01. The summed E-state index contributed by atoms with van der Waals surface area (Å²) in [4.78, 5) is 0. The Morgan fingerprint density at radius 3 is 2.68 bits per heavy atom. The normalized spacial score (nSPS) is 29.3. The van der Waals surface area contributed by atoms with Crippen LogP contribution in [0, 0.1) is 11.8 Å². The molecule has 19 heavy (non-hydrogen) atoms. The first-order chi connectivity index (χ1) is 9.15. The first kappa shape index (κ1) is 14.6. The lowest BCUT2D eigenvalue weighted by Gasteiger charge is -2.31. The van der Waals surface area contributed by atoms with E-state index in [1.54, 1.807) is 6.26 Å². The third kappa shape index (κ3) is 4.66. The number of furan rings is 1. The summed E-state index contributed by atoms with van der Waals surface area (Å²) in [6, 6.07) is 4.18. The molecule has 108 valence electrons. The molecule has 1 saturated carbocycles. The van der Waals surface area contributed by atoms with Gasteiger partial charge in [0, 0.05) is 6.54 Å². The van der Waals surface area contributed by atoms with Crippen molar-refractivity contribution in [2.24, 2.45) is 11.8 Å². The summed E-state index contributed by atoms with van der Waals surface area (Å²) in [5.41, 5.74) is 0. The lowest BCUT2D eigenvalue weighted by Crippen LogP contribution is -2.30. The molecule has 3 atom stereocenters. The molecule has 0 bridgehead atoms. The van der Waals surface area contributed by atoms with Gasteiger partial charge in [0.1, 0.15) is 5.76 Å². The van der Waals surface area contributed by atoms with Crippen molar-refractivity contribution in [3.05, 3.63) is 24.2 Å². The molecule has 1 aromatic rings. The lowest BCUT2D eigenvalue weighted by molar-refractivity contribution is 0.00198. The van der Waals surface area contributed by atoms with E-state index in [-0.39, 0.29) is 6.04 Å². The molecule has 3 nitrogen and oxygen atoms in total. The summed E-state index contributed by atoms with van der Waals surface area (Å²) < 4.78 is 11.4. The minimum atomic E-state index is 0.253. The fourth-order valence-corrected chi connectivity index (χ4v) is 3.15. The van der Waals surface area contributed by atoms with Gasteiger partial charge in [0.15, 0.2) is 0 Å². The van der Waals surface area contributed by atoms with Crippen LogP contribution in [0.3, 0.4) is 0 Å². The molecule has 1 aliphatic rings. The molecule has 0 aliphatic heterocycles. The smallest absolute Gasteiger partial charge is 0.120 e. The van der Waals surface area contributed by atoms with E-state index < -0.39 is 0 Å². The molecule has 3 unspecified atom stereocenters. The van der Waals surface area contributed by atoms with E-state index in [9.17, 15) is 0 Å². The highest BCUT2D eigenvalue weighted by atomic mass is 16.5. The van der Waals surface area contributed by atoms with Crippen molar-refractivity contribution in [3.63, 3.8) is 0 Å². The molecule has 0 radical (unpaired) electrons. The zero-order chi connectivity index (χ0) is 13.7. The Hall–Kier alpha value is -0.800. The van der Waals surface area contributed by atoms with Gasteiger partial charge in [-0.1, -0.05) is 13.8 Å². The number of hydrogen-bond donors (Lipinski definition) is 1. The maximum atomic E-state index is 6.00. The summed E-state index contributed by atoms with van der Waals surface area (Å²) in [6.07, 6.45) is 5.97. The molecule has 1 heterocycles. The second kappa shape index (κ2) is 7.11. The molecule has 2 rings (SSSR count). The zero-order valence-corrected chi connectivity index (χ0v) is 12.4. The largest absolute Gasteiger partial charge is 0.468 e. The van der Waals surface area contributed by atoms with Crippen molar-refractivity contribution >= 4 is 0 Å². The van der Waals surface area contributed by atoms with Crippen LogP contribution in [0.25, 0.3) is 0 Å². The van der Waals surface area contributed by atoms with Gasteiger partial charge in [-0.15, -0.1) is 0 Å². The van der Waals surface area contributed by atoms with Crippen LogP contribution in [0.2, 0.25) is 0 Å². The van der Waals surface area contributed by atoms with E-state index in [4.69, 9.17) is 9.15 Å². The molecule has 0 aromatic carbocycles. The van der Waals surface area contributed by atoms with Gasteiger partial charge >= 0.3 is 0 Å². The van der Waals surface area contributed by atoms with Crippen LogP contribution in [0.15, 0.2) is 22.8 Å². The predicted molar refractivity (Wildman–Crippen MR) is 77.0 cm³/mol. The van der Waals surface area contributed by atoms with Gasteiger partial charge < -0.3 is 14.5 Å². The molecular formula is C16H27NO2. The van der Waals surface area contributed by atoms with E-state index in [0.717, 1.165) is 30.7 Å². The summed E-state index contributed by atoms with van der Waals surface area (Å²) in [6.45, 7) is 8.45. The van der Waals surface area contributed by atoms with Crippen LogP contribution in [0.1, 0.15) is 51.8 Å². The van der Waals surface area contributed by atoms with E-state index in [1.165, 1.54) is 19.3 Å². The molecule has 1 aromatic heterocycles. The third-order valence-electron chi connectivity index (χ3n) is 4.01. The van der Waals surface area contributed by atoms with Crippen molar-refractivity contribution in [2.75, 3.05) is 13.2 Å². The van der Waals surface area contributed by atoms with Crippen LogP contribution in [-0.4, -0.2) is 19.3 Å². The molecular weight excluding hydrogens is 238 g/mol. The highest BCUT2D eigenvalue weighted by molar-refractivity contribution is 5.02. The van der Waals surface area contributed by atoms with Gasteiger partial charge in [-0.3, -0.25) is 0 Å². The fraction of sp³-hybridized carbons (Fsp3) is 0.750. The minimum Gasteiger partial charge on any atom is -0.468 e. The number of hydrogen-bond acceptors (Lipinski definition) is 3. The Kier molecular flexibility index (Phi) is 5.46. The van der Waals surface area contributed by atoms with Crippen molar-refractivity contribution in [1.29, 1.82) is 0 Å². The molecule has 0 spiro atoms. The Labute approximate surface area is 116 Å². The second-order valence-corrected chi connectivity index (χ2v) is 6.10. The number of ether oxygens (including phenoxy) is 1. The quantitative estimate of drug-likeness (QED) is 0.795. The van der Waals surface area contributed by atoms with Gasteiger partial charge in [0.25, 0.3) is 0 Å². The molecule has 1 N–H and O–H groups in total. The predicted octanol–water partition coefficient (Wildman–Crippen LogP) is 3.77. The van der Waals surface area contributed by atoms with E-state index in [1.807, 2.05) is 12.1 Å². The zero-order valence-electron chi connectivity index (χ0n) is 12.4. The van der Waals surface area contributed by atoms with Crippen LogP contribution in [0.4, 0.5) is 0 Å². The Bertz CT molecular complexity index is 340. The van der Waals surface area contributed by atoms with Gasteiger partial charge in [0.05, 0.1) is 25.0 Å². The first-order valence-electron chi connectivity index (χ1n) is 7.53. The monoisotopic (exact) mass is 265 g/mol. The molecule has 0 amide bonds. The minimum absolute atomic E-state index is 0.253. The van der Waals surface area contributed by atoms with Crippen LogP contribution < -0.4 is 5.32 Å². The Morgan fingerprint density at radius 2 is 2.05 bits per heavy atom. The highest BCUT2D eigenvalue weighted by Crippen LogP contribution is 2.30. The SMILES string of the molecule is CC1CC(C)CC(OCCNC(C)c2ccco2)C1. The average molecular weight is 265 g/mol. The summed E-state index contributed by atoms with van der Waals surface area (Å²) in [5.74, 6) is 2.60. The van der Waals surface area contributed by atoms with E-state index in [0.29, 0.717) is 6.10 Å². The molecule has 3 heteroatoms. The Balaban J connectivity index is 1.61. The number of rotatable bonds is 6. The maximum Gasteiger partial charge on any atom is 0.120 e. The fourth-order valence-electron chi connectivity index (χ4n) is 3.15. The van der Waals surface area contributed by atoms with Crippen molar-refractivity contribution < 1.29 is 9.15 Å². The van der Waals surface area contributed by atoms with Crippen molar-refractivity contribution in [3.8, 4) is 0 Å². The van der Waals surface area contributed by atoms with Crippen LogP contribution in [0.5, 0.6) is 0 Å². The average Bonchev–Trinajstić information content (AvgIpc) is 2.87. The van der Waals surface area contributed by atoms with Crippen LogP contribution >= 0.6 is 0 Å². The summed E-state index contributed by atoms with van der Waals surface area (Å²) in [7, 11) is 0. The standard InChI is InChI=1S/C16H27NO2/c1-12-9-13(2)11-15(10-12)18-8-6-17-14(3)16-5-4-7-19-16/h4-5,7,12-15,17H,6,8-11H2,1-3H3. The second-order valence-electron chi connectivity index (χ2n) is 6.10. The molecule has 0 saturated heterocycles.